The quantitative estimate of drug-likeness (QED) is 0.910. The van der Waals surface area contributed by atoms with Gasteiger partial charge in [-0.25, -0.2) is 0 Å². The predicted octanol–water partition coefficient (Wildman–Crippen LogP) is 1.80. The van der Waals surface area contributed by atoms with E-state index < -0.39 is 0 Å². The Labute approximate surface area is 119 Å². The van der Waals surface area contributed by atoms with Gasteiger partial charge in [-0.1, -0.05) is 25.9 Å². The number of nitrogens with one attached hydrogen (secondary N) is 1. The molecule has 0 bridgehead atoms. The second kappa shape index (κ2) is 6.35. The maximum Gasteiger partial charge on any atom is 0.246 e. The van der Waals surface area contributed by atoms with E-state index in [1.165, 1.54) is 0 Å². The molecule has 1 aromatic rings. The Bertz CT molecular complexity index is 445. The van der Waals surface area contributed by atoms with Crippen LogP contribution < -0.4 is 5.32 Å². The normalized spacial score (nSPS) is 19.9. The molecule has 0 spiro atoms. The highest BCUT2D eigenvalue weighted by Gasteiger charge is 2.21. The third kappa shape index (κ3) is 4.30. The molecule has 2 rings (SSSR count). The lowest BCUT2D eigenvalue weighted by molar-refractivity contribution is -0.123. The molecule has 0 aliphatic carbocycles. The Balaban J connectivity index is 1.76. The third-order valence-electron chi connectivity index (χ3n) is 3.30. The molecule has 1 amide bonds. The van der Waals surface area contributed by atoms with Crippen LogP contribution >= 0.6 is 0 Å². The maximum atomic E-state index is 11.8. The van der Waals surface area contributed by atoms with E-state index in [-0.39, 0.29) is 17.9 Å². The fraction of sp³-hybridized carbons (Fsp3) is 0.786. The van der Waals surface area contributed by atoms with Crippen LogP contribution in [0.5, 0.6) is 0 Å². The molecule has 112 valence electrons. The van der Waals surface area contributed by atoms with E-state index in [1.807, 2.05) is 20.8 Å². The fourth-order valence-corrected chi connectivity index (χ4v) is 2.11. The molecule has 1 atom stereocenters. The van der Waals surface area contributed by atoms with Gasteiger partial charge in [0.2, 0.25) is 11.8 Å². The first kappa shape index (κ1) is 15.0. The van der Waals surface area contributed by atoms with E-state index in [0.717, 1.165) is 19.4 Å². The van der Waals surface area contributed by atoms with Crippen molar-refractivity contribution < 1.29 is 14.1 Å². The zero-order valence-corrected chi connectivity index (χ0v) is 12.4. The molecule has 1 aromatic heterocycles. The molecule has 1 aliphatic rings. The number of carbonyl (C=O) groups is 1. The Morgan fingerprint density at radius 1 is 1.45 bits per heavy atom. The number of hydrogen-bond donors (Lipinski definition) is 1. The van der Waals surface area contributed by atoms with Crippen LogP contribution in [-0.2, 0) is 21.5 Å². The van der Waals surface area contributed by atoms with Gasteiger partial charge in [-0.05, 0) is 18.8 Å². The summed E-state index contributed by atoms with van der Waals surface area (Å²) in [6.07, 6.45) is 2.60. The molecular formula is C14H23N3O3. The SMILES string of the molecule is CC(C)(C)c1noc(CNC(=O)CC2CCCOC2)n1. The van der Waals surface area contributed by atoms with E-state index in [1.54, 1.807) is 0 Å². The van der Waals surface area contributed by atoms with Crippen LogP contribution in [0.3, 0.4) is 0 Å². The molecule has 1 saturated heterocycles. The predicted molar refractivity (Wildman–Crippen MR) is 73.0 cm³/mol. The van der Waals surface area contributed by atoms with Gasteiger partial charge in [-0.3, -0.25) is 4.79 Å². The van der Waals surface area contributed by atoms with Crippen LogP contribution in [0.2, 0.25) is 0 Å². The molecule has 2 heterocycles. The van der Waals surface area contributed by atoms with Crippen molar-refractivity contribution in [3.8, 4) is 0 Å². The van der Waals surface area contributed by atoms with Crippen molar-refractivity contribution in [1.82, 2.24) is 15.5 Å². The number of hydrogen-bond acceptors (Lipinski definition) is 5. The van der Waals surface area contributed by atoms with Gasteiger partial charge in [0, 0.05) is 25.0 Å². The lowest BCUT2D eigenvalue weighted by Crippen LogP contribution is -2.28. The summed E-state index contributed by atoms with van der Waals surface area (Å²) >= 11 is 0. The molecular weight excluding hydrogens is 258 g/mol. The van der Waals surface area contributed by atoms with E-state index >= 15 is 0 Å². The van der Waals surface area contributed by atoms with Gasteiger partial charge in [0.05, 0.1) is 6.54 Å². The fourth-order valence-electron chi connectivity index (χ4n) is 2.11. The van der Waals surface area contributed by atoms with Crippen LogP contribution in [0.1, 0.15) is 51.7 Å². The lowest BCUT2D eigenvalue weighted by atomic mass is 9.96. The number of aromatic nitrogens is 2. The highest BCUT2D eigenvalue weighted by Crippen LogP contribution is 2.19. The second-order valence-corrected chi connectivity index (χ2v) is 6.33. The Kier molecular flexibility index (Phi) is 4.75. The summed E-state index contributed by atoms with van der Waals surface area (Å²) in [6.45, 7) is 7.84. The van der Waals surface area contributed by atoms with Gasteiger partial charge in [-0.2, -0.15) is 4.98 Å². The number of carbonyl (C=O) groups excluding carboxylic acids is 1. The number of nitrogens with zero attached hydrogens (tertiary/aromatic N) is 2. The van der Waals surface area contributed by atoms with E-state index in [2.05, 4.69) is 15.5 Å². The summed E-state index contributed by atoms with van der Waals surface area (Å²) in [5, 5.41) is 6.74. The first-order chi connectivity index (χ1) is 9.45. The average molecular weight is 281 g/mol. The maximum absolute atomic E-state index is 11.8. The van der Waals surface area contributed by atoms with Crippen LogP contribution in [0.4, 0.5) is 0 Å². The zero-order chi connectivity index (χ0) is 14.6. The molecule has 6 heteroatoms. The van der Waals surface area contributed by atoms with E-state index in [9.17, 15) is 4.79 Å². The highest BCUT2D eigenvalue weighted by atomic mass is 16.5. The highest BCUT2D eigenvalue weighted by molar-refractivity contribution is 5.76. The summed E-state index contributed by atoms with van der Waals surface area (Å²) in [7, 11) is 0. The molecule has 0 aromatic carbocycles. The van der Waals surface area contributed by atoms with Gasteiger partial charge in [-0.15, -0.1) is 0 Å². The van der Waals surface area contributed by atoms with Gasteiger partial charge in [0.25, 0.3) is 0 Å². The molecule has 0 radical (unpaired) electrons. The minimum Gasteiger partial charge on any atom is -0.381 e. The number of amides is 1. The summed E-state index contributed by atoms with van der Waals surface area (Å²) in [5.74, 6) is 1.44. The third-order valence-corrected chi connectivity index (χ3v) is 3.30. The minimum absolute atomic E-state index is 0.0102. The van der Waals surface area contributed by atoms with E-state index in [0.29, 0.717) is 30.7 Å². The number of rotatable bonds is 4. The Morgan fingerprint density at radius 3 is 2.85 bits per heavy atom. The summed E-state index contributed by atoms with van der Waals surface area (Å²) in [4.78, 5) is 16.1. The first-order valence-corrected chi connectivity index (χ1v) is 7.12. The van der Waals surface area contributed by atoms with Crippen LogP contribution in [0.15, 0.2) is 4.52 Å². The summed E-state index contributed by atoms with van der Waals surface area (Å²) in [5.41, 5.74) is -0.148. The smallest absolute Gasteiger partial charge is 0.246 e. The second-order valence-electron chi connectivity index (χ2n) is 6.33. The summed E-state index contributed by atoms with van der Waals surface area (Å²) < 4.78 is 10.5. The van der Waals surface area contributed by atoms with Crippen molar-refractivity contribution in [3.63, 3.8) is 0 Å². The monoisotopic (exact) mass is 281 g/mol. The van der Waals surface area contributed by atoms with Crippen molar-refractivity contribution in [2.24, 2.45) is 5.92 Å². The molecule has 20 heavy (non-hydrogen) atoms. The van der Waals surface area contributed by atoms with Crippen molar-refractivity contribution >= 4 is 5.91 Å². The van der Waals surface area contributed by atoms with Crippen molar-refractivity contribution in [2.45, 2.75) is 52.0 Å². The largest absolute Gasteiger partial charge is 0.381 e. The van der Waals surface area contributed by atoms with Crippen LogP contribution in [0.25, 0.3) is 0 Å². The lowest BCUT2D eigenvalue weighted by Gasteiger charge is -2.21. The Hall–Kier alpha value is -1.43. The average Bonchev–Trinajstić information content (AvgIpc) is 2.86. The van der Waals surface area contributed by atoms with Crippen molar-refractivity contribution in [2.75, 3.05) is 13.2 Å². The molecule has 1 aliphatic heterocycles. The Morgan fingerprint density at radius 2 is 2.25 bits per heavy atom. The molecule has 1 N–H and O–H groups in total. The van der Waals surface area contributed by atoms with Crippen LogP contribution in [0, 0.1) is 5.92 Å². The van der Waals surface area contributed by atoms with Crippen molar-refractivity contribution in [1.29, 1.82) is 0 Å². The van der Waals surface area contributed by atoms with Gasteiger partial charge in [0.1, 0.15) is 0 Å². The van der Waals surface area contributed by atoms with Gasteiger partial charge >= 0.3 is 0 Å². The summed E-state index contributed by atoms with van der Waals surface area (Å²) in [6, 6.07) is 0. The van der Waals surface area contributed by atoms with Crippen LogP contribution in [-0.4, -0.2) is 29.3 Å². The minimum atomic E-state index is -0.148. The zero-order valence-electron chi connectivity index (χ0n) is 12.4. The molecule has 6 nitrogen and oxygen atoms in total. The molecule has 0 saturated carbocycles. The standard InChI is InChI=1S/C14H23N3O3/c1-14(2,3)13-16-12(20-17-13)8-15-11(18)7-10-5-4-6-19-9-10/h10H,4-9H2,1-3H3,(H,15,18). The van der Waals surface area contributed by atoms with Gasteiger partial charge < -0.3 is 14.6 Å². The molecule has 1 unspecified atom stereocenters. The molecule has 1 fully saturated rings. The van der Waals surface area contributed by atoms with E-state index in [4.69, 9.17) is 9.26 Å². The number of ether oxygens (including phenoxy) is 1. The topological polar surface area (TPSA) is 77.2 Å². The van der Waals surface area contributed by atoms with Crippen molar-refractivity contribution in [3.05, 3.63) is 11.7 Å². The van der Waals surface area contributed by atoms with Gasteiger partial charge in [0.15, 0.2) is 5.82 Å². The first-order valence-electron chi connectivity index (χ1n) is 7.12.